The summed E-state index contributed by atoms with van der Waals surface area (Å²) in [4.78, 5) is 24.9. The Kier molecular flexibility index (Phi) is 18.1. The van der Waals surface area contributed by atoms with Gasteiger partial charge in [-0.2, -0.15) is 0 Å². The van der Waals surface area contributed by atoms with Gasteiger partial charge in [-0.1, -0.05) is 140 Å². The first-order valence-corrected chi connectivity index (χ1v) is 18.3. The maximum atomic E-state index is 12.7. The molecule has 0 saturated heterocycles. The highest BCUT2D eigenvalue weighted by atomic mass is 35.5. The van der Waals surface area contributed by atoms with Crippen molar-refractivity contribution in [2.24, 2.45) is 5.92 Å². The maximum Gasteiger partial charge on any atom is 0.343 e. The lowest BCUT2D eigenvalue weighted by atomic mass is 10.0. The smallest absolute Gasteiger partial charge is 0.343 e. The maximum absolute atomic E-state index is 12.7. The van der Waals surface area contributed by atoms with Crippen molar-refractivity contribution >= 4 is 23.5 Å². The van der Waals surface area contributed by atoms with E-state index in [4.69, 9.17) is 25.8 Å². The predicted molar refractivity (Wildman–Crippen MR) is 194 cm³/mol. The molecule has 0 spiro atoms. The van der Waals surface area contributed by atoms with Crippen LogP contribution in [0.4, 0.5) is 0 Å². The van der Waals surface area contributed by atoms with Gasteiger partial charge in [0.05, 0.1) is 29.4 Å². The van der Waals surface area contributed by atoms with Gasteiger partial charge in [-0.3, -0.25) is 0 Å². The van der Waals surface area contributed by atoms with Crippen molar-refractivity contribution in [3.63, 3.8) is 0 Å². The first-order valence-electron chi connectivity index (χ1n) is 17.9. The van der Waals surface area contributed by atoms with Crippen molar-refractivity contribution in [3.05, 3.63) is 82.9 Å². The molecule has 0 N–H and O–H groups in total. The molecule has 3 rings (SSSR count). The highest BCUT2D eigenvalue weighted by Crippen LogP contribution is 2.31. The molecule has 0 aliphatic carbocycles. The topological polar surface area (TPSA) is 61.8 Å². The lowest BCUT2D eigenvalue weighted by Crippen LogP contribution is -2.12. The summed E-state index contributed by atoms with van der Waals surface area (Å²) < 4.78 is 16.8. The van der Waals surface area contributed by atoms with E-state index >= 15 is 0 Å². The van der Waals surface area contributed by atoms with E-state index in [9.17, 15) is 9.59 Å². The van der Waals surface area contributed by atoms with Crippen molar-refractivity contribution in [1.29, 1.82) is 0 Å². The van der Waals surface area contributed by atoms with Gasteiger partial charge in [0.2, 0.25) is 0 Å². The van der Waals surface area contributed by atoms with Gasteiger partial charge in [0.15, 0.2) is 0 Å². The van der Waals surface area contributed by atoms with Gasteiger partial charge >= 0.3 is 11.9 Å². The number of benzene rings is 3. The average Bonchev–Trinajstić information content (AvgIpc) is 3.09. The van der Waals surface area contributed by atoms with Crippen molar-refractivity contribution in [3.8, 4) is 22.6 Å². The molecule has 3 aromatic rings. The summed E-state index contributed by atoms with van der Waals surface area (Å²) in [6.45, 7) is 7.41. The van der Waals surface area contributed by atoms with Crippen LogP contribution in [0.3, 0.4) is 0 Å². The Morgan fingerprint density at radius 3 is 1.70 bits per heavy atom. The molecule has 1 atom stereocenters. The largest absolute Gasteiger partial charge is 0.492 e. The number of unbranched alkanes of at least 4 members (excludes halogenated alkanes) is 13. The quantitative estimate of drug-likeness (QED) is 0.0574. The van der Waals surface area contributed by atoms with E-state index in [2.05, 4.69) is 13.8 Å². The van der Waals surface area contributed by atoms with Crippen LogP contribution in [0.1, 0.15) is 138 Å². The van der Waals surface area contributed by atoms with Crippen molar-refractivity contribution in [2.45, 2.75) is 117 Å². The summed E-state index contributed by atoms with van der Waals surface area (Å²) >= 11 is 6.56. The number of hydrogen-bond donors (Lipinski definition) is 0. The summed E-state index contributed by atoms with van der Waals surface area (Å²) in [6, 6.07) is 19.4. The third-order valence-electron chi connectivity index (χ3n) is 8.64. The number of hydrogen-bond acceptors (Lipinski definition) is 5. The predicted octanol–water partition coefficient (Wildman–Crippen LogP) is 12.3. The summed E-state index contributed by atoms with van der Waals surface area (Å²) in [5, 5.41) is 0.573. The monoisotopic (exact) mass is 662 g/mol. The van der Waals surface area contributed by atoms with Gasteiger partial charge in [0.25, 0.3) is 0 Å². The highest BCUT2D eigenvalue weighted by molar-refractivity contribution is 6.32. The molecular formula is C41H55ClO5. The van der Waals surface area contributed by atoms with Crippen molar-refractivity contribution in [2.75, 3.05) is 13.2 Å². The van der Waals surface area contributed by atoms with Gasteiger partial charge in [0, 0.05) is 0 Å². The number of rotatable bonds is 23. The number of carbonyl (C=O) groups excluding carboxylic acids is 2. The van der Waals surface area contributed by atoms with Gasteiger partial charge in [-0.05, 0) is 72.0 Å². The second kappa shape index (κ2) is 22.3. The van der Waals surface area contributed by atoms with Crippen LogP contribution in [0.2, 0.25) is 5.02 Å². The lowest BCUT2D eigenvalue weighted by Gasteiger charge is -2.11. The molecule has 5 nitrogen and oxygen atoms in total. The van der Waals surface area contributed by atoms with Crippen LogP contribution in [-0.4, -0.2) is 25.2 Å². The number of carbonyl (C=O) groups is 2. The zero-order valence-corrected chi connectivity index (χ0v) is 29.6. The van der Waals surface area contributed by atoms with E-state index in [-0.39, 0.29) is 5.97 Å². The summed E-state index contributed by atoms with van der Waals surface area (Å²) in [5.74, 6) is 0.496. The van der Waals surface area contributed by atoms with Gasteiger partial charge in [-0.15, -0.1) is 0 Å². The minimum Gasteiger partial charge on any atom is -0.492 e. The molecule has 47 heavy (non-hydrogen) atoms. The lowest BCUT2D eigenvalue weighted by molar-refractivity contribution is 0.0447. The first kappa shape index (κ1) is 38.1. The van der Waals surface area contributed by atoms with E-state index in [0.29, 0.717) is 46.8 Å². The Hall–Kier alpha value is -3.31. The summed E-state index contributed by atoms with van der Waals surface area (Å²) in [7, 11) is 0. The molecule has 0 radical (unpaired) electrons. The Morgan fingerprint density at radius 1 is 0.638 bits per heavy atom. The molecule has 0 aromatic heterocycles. The standard InChI is InChI=1S/C41H55ClO5/c1-4-6-7-8-9-10-11-12-13-14-15-16-17-18-29-45-39-28-25-36(30-38(39)42)33-19-21-35(22-20-33)41(44)47-37-26-23-34(24-27-37)40(43)46-31-32(3)5-2/h19-28,30,32H,4-18,29,31H2,1-3H3/t32-/m0/s1. The fraction of sp³-hybridized carbons (Fsp3) is 0.512. The number of esters is 2. The molecule has 0 heterocycles. The summed E-state index contributed by atoms with van der Waals surface area (Å²) in [6.07, 6.45) is 19.6. The summed E-state index contributed by atoms with van der Waals surface area (Å²) in [5.41, 5.74) is 2.71. The molecule has 256 valence electrons. The minimum atomic E-state index is -0.478. The molecule has 0 aliphatic heterocycles. The second-order valence-electron chi connectivity index (χ2n) is 12.7. The van der Waals surface area contributed by atoms with Crippen molar-refractivity contribution < 1.29 is 23.8 Å². The molecule has 0 aliphatic rings. The van der Waals surface area contributed by atoms with Crippen LogP contribution < -0.4 is 9.47 Å². The Balaban J connectivity index is 1.33. The van der Waals surface area contributed by atoms with Gasteiger partial charge < -0.3 is 14.2 Å². The average molecular weight is 663 g/mol. The molecule has 0 bridgehead atoms. The Bertz CT molecular complexity index is 1320. The molecule has 3 aromatic carbocycles. The first-order chi connectivity index (χ1) is 22.9. The fourth-order valence-corrected chi connectivity index (χ4v) is 5.55. The molecule has 0 amide bonds. The number of ether oxygens (including phenoxy) is 3. The van der Waals surface area contributed by atoms with Crippen LogP contribution in [0.25, 0.3) is 11.1 Å². The van der Waals surface area contributed by atoms with Crippen LogP contribution in [-0.2, 0) is 4.74 Å². The Morgan fingerprint density at radius 2 is 1.15 bits per heavy atom. The van der Waals surface area contributed by atoms with Crippen LogP contribution in [0.15, 0.2) is 66.7 Å². The zero-order chi connectivity index (χ0) is 33.7. The minimum absolute atomic E-state index is 0.310. The van der Waals surface area contributed by atoms with Crippen LogP contribution >= 0.6 is 11.6 Å². The molecular weight excluding hydrogens is 608 g/mol. The van der Waals surface area contributed by atoms with E-state index in [1.165, 1.54) is 83.5 Å². The molecule has 6 heteroatoms. The Labute approximate surface area is 288 Å². The number of halogens is 1. The van der Waals surface area contributed by atoms with E-state index in [1.807, 2.05) is 37.3 Å². The SMILES string of the molecule is CCCCCCCCCCCCCCCCOc1ccc(-c2ccc(C(=O)Oc3ccc(C(=O)OC[C@@H](C)CC)cc3)cc2)cc1Cl. The fourth-order valence-electron chi connectivity index (χ4n) is 5.32. The third kappa shape index (κ3) is 14.6. The zero-order valence-electron chi connectivity index (χ0n) is 28.9. The highest BCUT2D eigenvalue weighted by Gasteiger charge is 2.13. The van der Waals surface area contributed by atoms with E-state index in [0.717, 1.165) is 24.0 Å². The second-order valence-corrected chi connectivity index (χ2v) is 13.1. The van der Waals surface area contributed by atoms with Crippen molar-refractivity contribution in [1.82, 2.24) is 0 Å². The van der Waals surface area contributed by atoms with Crippen LogP contribution in [0, 0.1) is 5.92 Å². The van der Waals surface area contributed by atoms with Gasteiger partial charge in [-0.25, -0.2) is 9.59 Å². The van der Waals surface area contributed by atoms with Gasteiger partial charge in [0.1, 0.15) is 11.5 Å². The third-order valence-corrected chi connectivity index (χ3v) is 8.93. The van der Waals surface area contributed by atoms with E-state index in [1.54, 1.807) is 36.4 Å². The molecule has 0 saturated carbocycles. The van der Waals surface area contributed by atoms with Crippen LogP contribution in [0.5, 0.6) is 11.5 Å². The molecule has 0 fully saturated rings. The molecule has 0 unspecified atom stereocenters. The normalized spacial score (nSPS) is 11.7. The van der Waals surface area contributed by atoms with E-state index < -0.39 is 5.97 Å².